The highest BCUT2D eigenvalue weighted by Crippen LogP contribution is 2.18. The standard InChI is InChI=1S/C13H13BrFN3O/c1-8(2)18-12(5-6-16-18)17-13(19)9-3-4-10(14)11(15)7-9/h3-8H,1-2H3,(H,17,19). The summed E-state index contributed by atoms with van der Waals surface area (Å²) in [5.74, 6) is -0.248. The topological polar surface area (TPSA) is 46.9 Å². The molecule has 1 heterocycles. The Morgan fingerprint density at radius 3 is 2.79 bits per heavy atom. The monoisotopic (exact) mass is 325 g/mol. The van der Waals surface area contributed by atoms with Crippen molar-refractivity contribution in [1.82, 2.24) is 9.78 Å². The molecule has 6 heteroatoms. The molecule has 0 fully saturated rings. The summed E-state index contributed by atoms with van der Waals surface area (Å²) in [6.45, 7) is 3.92. The molecule has 0 aliphatic heterocycles. The van der Waals surface area contributed by atoms with Crippen LogP contribution in [0.4, 0.5) is 10.2 Å². The fourth-order valence-electron chi connectivity index (χ4n) is 1.65. The fourth-order valence-corrected chi connectivity index (χ4v) is 1.90. The molecule has 1 aromatic carbocycles. The van der Waals surface area contributed by atoms with Crippen LogP contribution < -0.4 is 5.32 Å². The SMILES string of the molecule is CC(C)n1nccc1NC(=O)c1ccc(Br)c(F)c1. The zero-order valence-corrected chi connectivity index (χ0v) is 12.1. The second kappa shape index (κ2) is 5.52. The molecule has 4 nitrogen and oxygen atoms in total. The summed E-state index contributed by atoms with van der Waals surface area (Å²) in [6, 6.07) is 6.08. The summed E-state index contributed by atoms with van der Waals surface area (Å²) in [6.07, 6.45) is 1.61. The number of hydrogen-bond donors (Lipinski definition) is 1. The van der Waals surface area contributed by atoms with Gasteiger partial charge in [-0.15, -0.1) is 0 Å². The summed E-state index contributed by atoms with van der Waals surface area (Å²) in [5.41, 5.74) is 0.261. The average Bonchev–Trinajstić information content (AvgIpc) is 2.80. The van der Waals surface area contributed by atoms with Crippen molar-refractivity contribution in [3.63, 3.8) is 0 Å². The first-order valence-electron chi connectivity index (χ1n) is 5.79. The van der Waals surface area contributed by atoms with Crippen molar-refractivity contribution in [2.24, 2.45) is 0 Å². The molecule has 1 amide bonds. The maximum absolute atomic E-state index is 13.4. The number of benzene rings is 1. The normalized spacial score (nSPS) is 10.8. The Morgan fingerprint density at radius 2 is 2.16 bits per heavy atom. The van der Waals surface area contributed by atoms with Gasteiger partial charge in [0.25, 0.3) is 5.91 Å². The highest BCUT2D eigenvalue weighted by atomic mass is 79.9. The highest BCUT2D eigenvalue weighted by molar-refractivity contribution is 9.10. The van der Waals surface area contributed by atoms with Crippen LogP contribution in [0.25, 0.3) is 0 Å². The van der Waals surface area contributed by atoms with E-state index >= 15 is 0 Å². The Hall–Kier alpha value is -1.69. The number of amides is 1. The Morgan fingerprint density at radius 1 is 1.42 bits per heavy atom. The molecule has 0 saturated heterocycles. The molecule has 1 aromatic heterocycles. The minimum Gasteiger partial charge on any atom is -0.307 e. The lowest BCUT2D eigenvalue weighted by molar-refractivity contribution is 0.102. The molecule has 0 atom stereocenters. The van der Waals surface area contributed by atoms with Crippen LogP contribution in [0.3, 0.4) is 0 Å². The number of rotatable bonds is 3. The lowest BCUT2D eigenvalue weighted by Gasteiger charge is -2.11. The molecule has 0 spiro atoms. The third-order valence-corrected chi connectivity index (χ3v) is 3.23. The van der Waals surface area contributed by atoms with Gasteiger partial charge in [0.05, 0.1) is 10.7 Å². The Balaban J connectivity index is 2.21. The van der Waals surface area contributed by atoms with Gasteiger partial charge >= 0.3 is 0 Å². The zero-order valence-electron chi connectivity index (χ0n) is 10.5. The van der Waals surface area contributed by atoms with E-state index in [0.717, 1.165) is 0 Å². The fraction of sp³-hybridized carbons (Fsp3) is 0.231. The van der Waals surface area contributed by atoms with Gasteiger partial charge in [0.1, 0.15) is 11.6 Å². The lowest BCUT2D eigenvalue weighted by atomic mass is 10.2. The van der Waals surface area contributed by atoms with Crippen LogP contribution >= 0.6 is 15.9 Å². The van der Waals surface area contributed by atoms with Crippen LogP contribution in [-0.4, -0.2) is 15.7 Å². The first-order chi connectivity index (χ1) is 8.99. The van der Waals surface area contributed by atoms with Crippen LogP contribution in [-0.2, 0) is 0 Å². The van der Waals surface area contributed by atoms with Crippen LogP contribution in [0.15, 0.2) is 34.9 Å². The molecule has 0 saturated carbocycles. The number of halogens is 2. The van der Waals surface area contributed by atoms with Crippen molar-refractivity contribution >= 4 is 27.7 Å². The smallest absolute Gasteiger partial charge is 0.256 e. The van der Waals surface area contributed by atoms with Gasteiger partial charge in [-0.2, -0.15) is 5.10 Å². The van der Waals surface area contributed by atoms with Crippen molar-refractivity contribution in [1.29, 1.82) is 0 Å². The van der Waals surface area contributed by atoms with E-state index in [2.05, 4.69) is 26.3 Å². The van der Waals surface area contributed by atoms with Crippen molar-refractivity contribution in [3.05, 3.63) is 46.3 Å². The van der Waals surface area contributed by atoms with Crippen molar-refractivity contribution in [3.8, 4) is 0 Å². The number of carbonyl (C=O) groups excluding carboxylic acids is 1. The number of anilines is 1. The number of hydrogen-bond acceptors (Lipinski definition) is 2. The van der Waals surface area contributed by atoms with Gasteiger partial charge in [0.2, 0.25) is 0 Å². The van der Waals surface area contributed by atoms with Crippen LogP contribution in [0.1, 0.15) is 30.2 Å². The van der Waals surface area contributed by atoms with Crippen LogP contribution in [0, 0.1) is 5.82 Å². The zero-order chi connectivity index (χ0) is 14.0. The molecular formula is C13H13BrFN3O. The van der Waals surface area contributed by atoms with E-state index in [-0.39, 0.29) is 17.5 Å². The second-order valence-electron chi connectivity index (χ2n) is 4.34. The molecule has 19 heavy (non-hydrogen) atoms. The minimum atomic E-state index is -0.468. The van der Waals surface area contributed by atoms with Crippen molar-refractivity contribution < 1.29 is 9.18 Å². The molecule has 0 aliphatic carbocycles. The van der Waals surface area contributed by atoms with E-state index in [1.165, 1.54) is 12.1 Å². The second-order valence-corrected chi connectivity index (χ2v) is 5.19. The maximum Gasteiger partial charge on any atom is 0.256 e. The maximum atomic E-state index is 13.4. The summed E-state index contributed by atoms with van der Waals surface area (Å²) in [7, 11) is 0. The van der Waals surface area contributed by atoms with E-state index in [0.29, 0.717) is 10.3 Å². The summed E-state index contributed by atoms with van der Waals surface area (Å²) < 4.78 is 15.4. The van der Waals surface area contributed by atoms with E-state index in [1.807, 2.05) is 13.8 Å². The predicted octanol–water partition coefficient (Wildman–Crippen LogP) is 3.62. The van der Waals surface area contributed by atoms with E-state index < -0.39 is 5.82 Å². The van der Waals surface area contributed by atoms with Crippen molar-refractivity contribution in [2.75, 3.05) is 5.32 Å². The van der Waals surface area contributed by atoms with Crippen molar-refractivity contribution in [2.45, 2.75) is 19.9 Å². The number of aromatic nitrogens is 2. The molecule has 0 bridgehead atoms. The van der Waals surface area contributed by atoms with Gasteiger partial charge in [-0.3, -0.25) is 4.79 Å². The number of carbonyl (C=O) groups is 1. The molecular weight excluding hydrogens is 313 g/mol. The summed E-state index contributed by atoms with van der Waals surface area (Å²) in [4.78, 5) is 12.0. The van der Waals surface area contributed by atoms with Gasteiger partial charge in [0, 0.05) is 17.7 Å². The molecule has 100 valence electrons. The first-order valence-corrected chi connectivity index (χ1v) is 6.58. The summed E-state index contributed by atoms with van der Waals surface area (Å²) in [5, 5.41) is 6.83. The Labute approximate surface area is 118 Å². The average molecular weight is 326 g/mol. The molecule has 0 unspecified atom stereocenters. The van der Waals surface area contributed by atoms with E-state index in [4.69, 9.17) is 0 Å². The first kappa shape index (κ1) is 13.7. The predicted molar refractivity (Wildman–Crippen MR) is 74.7 cm³/mol. The molecule has 2 rings (SSSR count). The molecule has 2 aromatic rings. The van der Waals surface area contributed by atoms with Gasteiger partial charge in [-0.05, 0) is 48.0 Å². The third kappa shape index (κ3) is 3.01. The molecule has 0 aliphatic rings. The molecule has 1 N–H and O–H groups in total. The minimum absolute atomic E-state index is 0.131. The number of nitrogens with zero attached hydrogens (tertiary/aromatic N) is 2. The van der Waals surface area contributed by atoms with E-state index in [9.17, 15) is 9.18 Å². The van der Waals surface area contributed by atoms with Gasteiger partial charge in [0.15, 0.2) is 0 Å². The van der Waals surface area contributed by atoms with Crippen LogP contribution in [0.5, 0.6) is 0 Å². The van der Waals surface area contributed by atoms with Gasteiger partial charge < -0.3 is 5.32 Å². The van der Waals surface area contributed by atoms with Crippen LogP contribution in [0.2, 0.25) is 0 Å². The quantitative estimate of drug-likeness (QED) is 0.936. The summed E-state index contributed by atoms with van der Waals surface area (Å²) >= 11 is 3.05. The lowest BCUT2D eigenvalue weighted by Crippen LogP contribution is -2.16. The molecule has 0 radical (unpaired) electrons. The Bertz CT molecular complexity index is 610. The Kier molecular flexibility index (Phi) is 3.99. The highest BCUT2D eigenvalue weighted by Gasteiger charge is 2.12. The number of nitrogens with one attached hydrogen (secondary N) is 1. The van der Waals surface area contributed by atoms with Gasteiger partial charge in [-0.25, -0.2) is 9.07 Å². The third-order valence-electron chi connectivity index (χ3n) is 2.58. The van der Waals surface area contributed by atoms with Gasteiger partial charge in [-0.1, -0.05) is 0 Å². The largest absolute Gasteiger partial charge is 0.307 e. The van der Waals surface area contributed by atoms with E-state index in [1.54, 1.807) is 23.0 Å².